The number of rotatable bonds is 6. The van der Waals surface area contributed by atoms with Crippen molar-refractivity contribution in [3.63, 3.8) is 0 Å². The van der Waals surface area contributed by atoms with Crippen LogP contribution in [-0.2, 0) is 0 Å². The van der Waals surface area contributed by atoms with Gasteiger partial charge in [0.1, 0.15) is 0 Å². The second-order valence-corrected chi connectivity index (χ2v) is 7.15. The van der Waals surface area contributed by atoms with Crippen LogP contribution in [0, 0.1) is 0 Å². The molecule has 0 heterocycles. The molecule has 0 bridgehead atoms. The lowest BCUT2D eigenvalue weighted by Crippen LogP contribution is -1.77. The zero-order valence-electron chi connectivity index (χ0n) is 16.9. The van der Waals surface area contributed by atoms with E-state index in [9.17, 15) is 0 Å². The van der Waals surface area contributed by atoms with Crippen LogP contribution in [0.5, 0.6) is 0 Å². The summed E-state index contributed by atoms with van der Waals surface area (Å²) in [5, 5.41) is 0. The lowest BCUT2D eigenvalue weighted by Gasteiger charge is -1.99. The van der Waals surface area contributed by atoms with E-state index in [4.69, 9.17) is 0 Å². The van der Waals surface area contributed by atoms with Gasteiger partial charge in [0.2, 0.25) is 0 Å². The summed E-state index contributed by atoms with van der Waals surface area (Å²) in [5.41, 5.74) is 7.21. The maximum Gasteiger partial charge on any atom is -0.0256 e. The Balaban J connectivity index is 1.36. The monoisotopic (exact) mass is 384 g/mol. The van der Waals surface area contributed by atoms with Gasteiger partial charge < -0.3 is 0 Å². The van der Waals surface area contributed by atoms with Gasteiger partial charge in [0.05, 0.1) is 0 Å². The Bertz CT molecular complexity index is 1030. The highest BCUT2D eigenvalue weighted by molar-refractivity contribution is 5.74. The summed E-state index contributed by atoms with van der Waals surface area (Å²) in [6.45, 7) is 0. The Labute approximate surface area is 179 Å². The van der Waals surface area contributed by atoms with Gasteiger partial charge in [-0.2, -0.15) is 0 Å². The molecule has 0 aliphatic carbocycles. The topological polar surface area (TPSA) is 0 Å². The van der Waals surface area contributed by atoms with Crippen molar-refractivity contribution in [3.05, 3.63) is 143 Å². The molecule has 4 rings (SSSR count). The van der Waals surface area contributed by atoms with Gasteiger partial charge in [-0.3, -0.25) is 0 Å². The molecule has 0 aliphatic heterocycles. The van der Waals surface area contributed by atoms with Crippen molar-refractivity contribution >= 4 is 36.5 Å². The van der Waals surface area contributed by atoms with Crippen LogP contribution in [0.3, 0.4) is 0 Å². The summed E-state index contributed by atoms with van der Waals surface area (Å²) < 4.78 is 0. The van der Waals surface area contributed by atoms with Crippen LogP contribution >= 0.6 is 0 Å². The van der Waals surface area contributed by atoms with Crippen molar-refractivity contribution in [2.45, 2.75) is 0 Å². The summed E-state index contributed by atoms with van der Waals surface area (Å²) in [4.78, 5) is 0. The first-order chi connectivity index (χ1) is 14.8. The van der Waals surface area contributed by atoms with Crippen LogP contribution in [-0.4, -0.2) is 0 Å². The Morgan fingerprint density at radius 3 is 0.667 bits per heavy atom. The lowest BCUT2D eigenvalue weighted by atomic mass is 10.1. The van der Waals surface area contributed by atoms with Gasteiger partial charge >= 0.3 is 0 Å². The van der Waals surface area contributed by atoms with Crippen molar-refractivity contribution in [3.8, 4) is 0 Å². The van der Waals surface area contributed by atoms with Crippen LogP contribution in [0.2, 0.25) is 0 Å². The Morgan fingerprint density at radius 1 is 0.233 bits per heavy atom. The van der Waals surface area contributed by atoms with Crippen LogP contribution in [0.4, 0.5) is 0 Å². The summed E-state index contributed by atoms with van der Waals surface area (Å²) in [6.07, 6.45) is 12.9. The van der Waals surface area contributed by atoms with Gasteiger partial charge in [0.15, 0.2) is 0 Å². The standard InChI is InChI=1S/C30H24/c1-3-7-25(8-4-1)11-13-27-15-19-29(20-16-27)23-24-30-21-17-28(18-22-30)14-12-26-9-5-2-6-10-26/h1-24H/b13-11-,14-12-,24-23+. The minimum absolute atomic E-state index is 1.19. The zero-order valence-corrected chi connectivity index (χ0v) is 16.9. The smallest absolute Gasteiger partial charge is 0.0256 e. The molecule has 0 atom stereocenters. The summed E-state index contributed by atoms with van der Waals surface area (Å²) in [7, 11) is 0. The van der Waals surface area contributed by atoms with Crippen molar-refractivity contribution in [2.24, 2.45) is 0 Å². The van der Waals surface area contributed by atoms with E-state index in [1.807, 2.05) is 12.1 Å². The quantitative estimate of drug-likeness (QED) is 0.294. The molecule has 0 aromatic heterocycles. The van der Waals surface area contributed by atoms with Gasteiger partial charge in [0.25, 0.3) is 0 Å². The molecule has 0 heteroatoms. The summed E-state index contributed by atoms with van der Waals surface area (Å²) in [5.74, 6) is 0. The lowest BCUT2D eigenvalue weighted by molar-refractivity contribution is 1.60. The molecule has 144 valence electrons. The zero-order chi connectivity index (χ0) is 20.4. The minimum Gasteiger partial charge on any atom is -0.0622 e. The molecular formula is C30H24. The third-order valence-corrected chi connectivity index (χ3v) is 4.88. The number of hydrogen-bond acceptors (Lipinski definition) is 0. The number of benzene rings is 4. The number of hydrogen-bond donors (Lipinski definition) is 0. The van der Waals surface area contributed by atoms with E-state index >= 15 is 0 Å². The predicted octanol–water partition coefficient (Wildman–Crippen LogP) is 8.20. The molecule has 0 aliphatic rings. The second-order valence-electron chi connectivity index (χ2n) is 7.15. The molecule has 0 nitrogen and oxygen atoms in total. The predicted molar refractivity (Wildman–Crippen MR) is 133 cm³/mol. The highest BCUT2D eigenvalue weighted by Gasteiger charge is 1.92. The molecule has 4 aromatic carbocycles. The first-order valence-electron chi connectivity index (χ1n) is 10.2. The van der Waals surface area contributed by atoms with Gasteiger partial charge in [-0.1, -0.05) is 146 Å². The van der Waals surface area contributed by atoms with E-state index in [2.05, 4.69) is 134 Å². The normalized spacial score (nSPS) is 11.6. The first kappa shape index (κ1) is 19.4. The second kappa shape index (κ2) is 10.0. The molecule has 0 unspecified atom stereocenters. The van der Waals surface area contributed by atoms with E-state index in [-0.39, 0.29) is 0 Å². The molecule has 0 fully saturated rings. The highest BCUT2D eigenvalue weighted by atomic mass is 14.0. The average molecular weight is 385 g/mol. The maximum absolute atomic E-state index is 2.15. The summed E-state index contributed by atoms with van der Waals surface area (Å²) in [6, 6.07) is 37.9. The van der Waals surface area contributed by atoms with Crippen molar-refractivity contribution in [1.29, 1.82) is 0 Å². The van der Waals surface area contributed by atoms with E-state index in [1.165, 1.54) is 33.4 Å². The van der Waals surface area contributed by atoms with Crippen LogP contribution in [0.15, 0.2) is 109 Å². The largest absolute Gasteiger partial charge is 0.0622 e. The van der Waals surface area contributed by atoms with Crippen molar-refractivity contribution < 1.29 is 0 Å². The fourth-order valence-corrected chi connectivity index (χ4v) is 3.14. The summed E-state index contributed by atoms with van der Waals surface area (Å²) >= 11 is 0. The van der Waals surface area contributed by atoms with Gasteiger partial charge in [-0.15, -0.1) is 0 Å². The van der Waals surface area contributed by atoms with Crippen LogP contribution in [0.25, 0.3) is 36.5 Å². The maximum atomic E-state index is 2.15. The van der Waals surface area contributed by atoms with Gasteiger partial charge in [-0.25, -0.2) is 0 Å². The van der Waals surface area contributed by atoms with E-state index in [0.29, 0.717) is 0 Å². The molecule has 0 saturated carbocycles. The van der Waals surface area contributed by atoms with Crippen LogP contribution < -0.4 is 0 Å². The van der Waals surface area contributed by atoms with E-state index in [0.717, 1.165) is 0 Å². The Kier molecular flexibility index (Phi) is 6.50. The van der Waals surface area contributed by atoms with Crippen LogP contribution in [0.1, 0.15) is 33.4 Å². The molecular weight excluding hydrogens is 360 g/mol. The third kappa shape index (κ3) is 5.80. The fourth-order valence-electron chi connectivity index (χ4n) is 3.14. The minimum atomic E-state index is 1.19. The molecule has 0 N–H and O–H groups in total. The Morgan fingerprint density at radius 2 is 0.433 bits per heavy atom. The van der Waals surface area contributed by atoms with Crippen molar-refractivity contribution in [2.75, 3.05) is 0 Å². The molecule has 0 amide bonds. The molecule has 30 heavy (non-hydrogen) atoms. The molecule has 0 radical (unpaired) electrons. The van der Waals surface area contributed by atoms with Gasteiger partial charge in [-0.05, 0) is 33.4 Å². The SMILES string of the molecule is C(=C/c1ccc(/C=C/c2ccc(/C=C\c3ccccc3)cc2)cc1)/c1ccccc1. The molecule has 4 aromatic rings. The van der Waals surface area contributed by atoms with E-state index in [1.54, 1.807) is 0 Å². The average Bonchev–Trinajstić information content (AvgIpc) is 2.83. The van der Waals surface area contributed by atoms with E-state index < -0.39 is 0 Å². The van der Waals surface area contributed by atoms with Crippen molar-refractivity contribution in [1.82, 2.24) is 0 Å². The third-order valence-electron chi connectivity index (χ3n) is 4.88. The molecule has 0 spiro atoms. The Hall–Kier alpha value is -3.90. The highest BCUT2D eigenvalue weighted by Crippen LogP contribution is 2.14. The van der Waals surface area contributed by atoms with Gasteiger partial charge in [0, 0.05) is 0 Å². The molecule has 0 saturated heterocycles. The first-order valence-corrected chi connectivity index (χ1v) is 10.2. The fraction of sp³-hybridized carbons (Fsp3) is 0.